The van der Waals surface area contributed by atoms with Crippen LogP contribution < -0.4 is 0 Å². The molecule has 2 nitrogen and oxygen atoms in total. The van der Waals surface area contributed by atoms with Gasteiger partial charge in [-0.3, -0.25) is 0 Å². The SMILES string of the molecule is Cc1cc2c(-c3cc(-n4c5ccccc5c5ccccc54)cc(-n4c5ccccc5c5ccccc54)c3)c3ccccc3c(-c3cccc(C4=CC=CC=C=C4)c3)c2cc1C(C)c1ccccc1. The Balaban J connectivity index is 1.17. The Morgan fingerprint density at radius 1 is 0.397 bits per heavy atom. The summed E-state index contributed by atoms with van der Waals surface area (Å²) in [5.74, 6) is 0.190. The van der Waals surface area contributed by atoms with E-state index in [0.717, 1.165) is 22.5 Å². The molecule has 13 rings (SSSR count). The molecule has 2 aromatic heterocycles. The van der Waals surface area contributed by atoms with Gasteiger partial charge in [-0.05, 0) is 145 Å². The molecule has 1 aliphatic rings. The average Bonchev–Trinajstić information content (AvgIpc) is 3.76. The number of nitrogens with zero attached hydrogens (tertiary/aromatic N) is 2. The van der Waals surface area contributed by atoms with Crippen LogP contribution in [0, 0.1) is 6.92 Å². The molecule has 2 heterocycles. The molecular formula is C66H46N2. The molecule has 1 unspecified atom stereocenters. The van der Waals surface area contributed by atoms with Gasteiger partial charge in [0.15, 0.2) is 0 Å². The van der Waals surface area contributed by atoms with E-state index in [4.69, 9.17) is 0 Å². The van der Waals surface area contributed by atoms with Crippen molar-refractivity contribution < 1.29 is 0 Å². The highest BCUT2D eigenvalue weighted by molar-refractivity contribution is 6.22. The van der Waals surface area contributed by atoms with E-state index in [2.05, 4.69) is 253 Å². The Bertz CT molecular complexity index is 3910. The van der Waals surface area contributed by atoms with Gasteiger partial charge in [-0.25, -0.2) is 0 Å². The van der Waals surface area contributed by atoms with Crippen molar-refractivity contribution >= 4 is 70.7 Å². The molecule has 2 heteroatoms. The smallest absolute Gasteiger partial charge is 0.0541 e. The lowest BCUT2D eigenvalue weighted by atomic mass is 9.81. The van der Waals surface area contributed by atoms with Gasteiger partial charge in [0.1, 0.15) is 0 Å². The van der Waals surface area contributed by atoms with Crippen LogP contribution in [0.2, 0.25) is 0 Å². The summed E-state index contributed by atoms with van der Waals surface area (Å²) in [6.07, 6.45) is 10.4. The van der Waals surface area contributed by atoms with E-state index in [1.54, 1.807) is 0 Å². The maximum Gasteiger partial charge on any atom is 0.0541 e. The molecule has 1 atom stereocenters. The Morgan fingerprint density at radius 3 is 1.46 bits per heavy atom. The molecule has 0 saturated carbocycles. The second-order valence-corrected chi connectivity index (χ2v) is 18.2. The van der Waals surface area contributed by atoms with E-state index in [9.17, 15) is 0 Å². The van der Waals surface area contributed by atoms with Crippen molar-refractivity contribution in [3.05, 3.63) is 265 Å². The van der Waals surface area contributed by atoms with Crippen LogP contribution in [0.15, 0.2) is 242 Å². The number of hydrogen-bond donors (Lipinski definition) is 0. The van der Waals surface area contributed by atoms with E-state index in [-0.39, 0.29) is 5.92 Å². The Morgan fingerprint density at radius 2 is 0.882 bits per heavy atom. The second-order valence-electron chi connectivity index (χ2n) is 18.2. The van der Waals surface area contributed by atoms with Gasteiger partial charge >= 0.3 is 0 Å². The summed E-state index contributed by atoms with van der Waals surface area (Å²) in [4.78, 5) is 0. The fourth-order valence-electron chi connectivity index (χ4n) is 11.2. The average molecular weight is 867 g/mol. The molecule has 0 N–H and O–H groups in total. The topological polar surface area (TPSA) is 9.86 Å². The van der Waals surface area contributed by atoms with E-state index < -0.39 is 0 Å². The summed E-state index contributed by atoms with van der Waals surface area (Å²) in [6, 6.07) is 76.8. The standard InChI is InChI=1S/C66H46N2/c1-43-37-59-60(42-58(43)44(2)45-21-8-5-9-22-45)65(48-26-20-25-47(38-48)46-23-6-3-4-7-24-46)56-31-10-11-32-57(56)66(59)49-39-50(67-61-33-16-12-27-52(61)53-28-13-17-34-62(53)67)41-51(40-49)68-63-35-18-14-29-54(63)55-30-15-19-36-64(55)68/h3-6,8-42,44H,1-2H3. The largest absolute Gasteiger partial charge is 0.309 e. The summed E-state index contributed by atoms with van der Waals surface area (Å²) in [5, 5.41) is 9.89. The van der Waals surface area contributed by atoms with Crippen molar-refractivity contribution in [2.45, 2.75) is 19.8 Å². The highest BCUT2D eigenvalue weighted by atomic mass is 15.0. The first kappa shape index (κ1) is 39.7. The van der Waals surface area contributed by atoms with Crippen LogP contribution in [0.4, 0.5) is 0 Å². The molecule has 0 saturated heterocycles. The number of aromatic nitrogens is 2. The van der Waals surface area contributed by atoms with E-state index in [0.29, 0.717) is 0 Å². The highest BCUT2D eigenvalue weighted by Crippen LogP contribution is 2.48. The van der Waals surface area contributed by atoms with Gasteiger partial charge in [0.25, 0.3) is 0 Å². The van der Waals surface area contributed by atoms with Gasteiger partial charge in [0, 0.05) is 38.8 Å². The zero-order valence-electron chi connectivity index (χ0n) is 38.0. The third-order valence-corrected chi connectivity index (χ3v) is 14.3. The highest BCUT2D eigenvalue weighted by Gasteiger charge is 2.23. The lowest BCUT2D eigenvalue weighted by Crippen LogP contribution is -2.02. The van der Waals surface area contributed by atoms with Crippen LogP contribution in [0.5, 0.6) is 0 Å². The molecule has 0 radical (unpaired) electrons. The number of allylic oxidation sites excluding steroid dienone is 5. The lowest BCUT2D eigenvalue weighted by molar-refractivity contribution is 0.913. The van der Waals surface area contributed by atoms with Crippen molar-refractivity contribution in [1.29, 1.82) is 0 Å². The van der Waals surface area contributed by atoms with E-state index in [1.807, 2.05) is 12.2 Å². The quantitative estimate of drug-likeness (QED) is 0.112. The molecule has 0 bridgehead atoms. The maximum atomic E-state index is 3.34. The van der Waals surface area contributed by atoms with Gasteiger partial charge in [0.2, 0.25) is 0 Å². The number of fused-ring (bicyclic) bond motifs is 8. The van der Waals surface area contributed by atoms with Crippen LogP contribution in [0.3, 0.4) is 0 Å². The van der Waals surface area contributed by atoms with E-state index >= 15 is 0 Å². The summed E-state index contributed by atoms with van der Waals surface area (Å²) in [7, 11) is 0. The third kappa shape index (κ3) is 6.34. The van der Waals surface area contributed by atoms with Crippen LogP contribution in [-0.4, -0.2) is 9.13 Å². The summed E-state index contributed by atoms with van der Waals surface area (Å²) in [6.45, 7) is 4.66. The van der Waals surface area contributed by atoms with Gasteiger partial charge in [-0.15, -0.1) is 5.73 Å². The number of para-hydroxylation sites is 4. The molecule has 68 heavy (non-hydrogen) atoms. The number of hydrogen-bond acceptors (Lipinski definition) is 0. The molecular weight excluding hydrogens is 821 g/mol. The molecule has 10 aromatic carbocycles. The normalized spacial score (nSPS) is 13.1. The van der Waals surface area contributed by atoms with Gasteiger partial charge in [0.05, 0.1) is 22.1 Å². The number of benzene rings is 10. The number of rotatable bonds is 7. The Kier molecular flexibility index (Phi) is 9.35. The van der Waals surface area contributed by atoms with Crippen LogP contribution in [-0.2, 0) is 0 Å². The molecule has 1 aliphatic carbocycles. The minimum absolute atomic E-state index is 0.190. The zero-order chi connectivity index (χ0) is 45.3. The first-order valence-corrected chi connectivity index (χ1v) is 23.7. The predicted molar refractivity (Wildman–Crippen MR) is 289 cm³/mol. The monoisotopic (exact) mass is 866 g/mol. The third-order valence-electron chi connectivity index (χ3n) is 14.3. The summed E-state index contributed by atoms with van der Waals surface area (Å²) < 4.78 is 4.95. The minimum Gasteiger partial charge on any atom is -0.309 e. The molecule has 0 spiro atoms. The van der Waals surface area contributed by atoms with E-state index in [1.165, 1.54) is 104 Å². The molecule has 0 aliphatic heterocycles. The minimum atomic E-state index is 0.190. The first-order chi connectivity index (χ1) is 33.6. The molecule has 12 aromatic rings. The fourth-order valence-corrected chi connectivity index (χ4v) is 11.2. The Labute approximate surface area is 396 Å². The number of aryl methyl sites for hydroxylation is 1. The summed E-state index contributed by atoms with van der Waals surface area (Å²) >= 11 is 0. The zero-order valence-corrected chi connectivity index (χ0v) is 38.0. The molecule has 320 valence electrons. The van der Waals surface area contributed by atoms with Gasteiger partial charge in [-0.2, -0.15) is 0 Å². The molecule has 0 amide bonds. The first-order valence-electron chi connectivity index (χ1n) is 23.7. The van der Waals surface area contributed by atoms with Crippen LogP contribution in [0.1, 0.15) is 35.1 Å². The van der Waals surface area contributed by atoms with Crippen molar-refractivity contribution in [2.24, 2.45) is 0 Å². The van der Waals surface area contributed by atoms with Crippen LogP contribution >= 0.6 is 0 Å². The maximum absolute atomic E-state index is 3.34. The van der Waals surface area contributed by atoms with Gasteiger partial charge < -0.3 is 9.13 Å². The fraction of sp³-hybridized carbons (Fsp3) is 0.0455. The lowest BCUT2D eigenvalue weighted by Gasteiger charge is -2.23. The van der Waals surface area contributed by atoms with Gasteiger partial charge in [-0.1, -0.05) is 177 Å². The second kappa shape index (κ2) is 16.0. The summed E-state index contributed by atoms with van der Waals surface area (Å²) in [5.41, 5.74) is 21.3. The van der Waals surface area contributed by atoms with Crippen molar-refractivity contribution in [3.8, 4) is 33.6 Å². The van der Waals surface area contributed by atoms with Crippen LogP contribution in [0.25, 0.3) is 104 Å². The predicted octanol–water partition coefficient (Wildman–Crippen LogP) is 17.6. The van der Waals surface area contributed by atoms with Crippen molar-refractivity contribution in [3.63, 3.8) is 0 Å². The molecule has 0 fully saturated rings. The van der Waals surface area contributed by atoms with Crippen molar-refractivity contribution in [2.75, 3.05) is 0 Å². The Hall–Kier alpha value is -8.68. The van der Waals surface area contributed by atoms with Crippen molar-refractivity contribution in [1.82, 2.24) is 9.13 Å².